The average molecular weight is 303 g/mol. The summed E-state index contributed by atoms with van der Waals surface area (Å²) < 4.78 is 0. The smallest absolute Gasteiger partial charge is 0.0640 e. The van der Waals surface area contributed by atoms with Gasteiger partial charge in [0.25, 0.3) is 0 Å². The Balaban J connectivity index is 2.79. The zero-order valence-corrected chi connectivity index (χ0v) is 13.3. The van der Waals surface area contributed by atoms with E-state index in [1.54, 1.807) is 6.07 Å². The maximum absolute atomic E-state index is 6.27. The monoisotopic (exact) mass is 302 g/mol. The minimum absolute atomic E-state index is 0.0630. The SMILES string of the molecule is CCCCC(CC)CC(NN)c1cccc(Cl)c1Cl. The third kappa shape index (κ3) is 4.96. The summed E-state index contributed by atoms with van der Waals surface area (Å²) in [6.07, 6.45) is 5.89. The number of nitrogens with one attached hydrogen (secondary N) is 1. The van der Waals surface area contributed by atoms with E-state index in [0.717, 1.165) is 18.4 Å². The molecule has 0 fully saturated rings. The normalized spacial score (nSPS) is 14.4. The van der Waals surface area contributed by atoms with E-state index in [0.29, 0.717) is 16.0 Å². The number of nitrogens with two attached hydrogens (primary N) is 1. The average Bonchev–Trinajstić information content (AvgIpc) is 2.43. The van der Waals surface area contributed by atoms with Crippen molar-refractivity contribution in [2.45, 2.75) is 52.0 Å². The van der Waals surface area contributed by atoms with Crippen LogP contribution in [-0.4, -0.2) is 0 Å². The van der Waals surface area contributed by atoms with Gasteiger partial charge in [-0.2, -0.15) is 0 Å². The van der Waals surface area contributed by atoms with Gasteiger partial charge in [-0.1, -0.05) is 74.9 Å². The fraction of sp³-hybridized carbons (Fsp3) is 0.600. The van der Waals surface area contributed by atoms with E-state index in [1.807, 2.05) is 12.1 Å². The molecule has 0 saturated carbocycles. The lowest BCUT2D eigenvalue weighted by Gasteiger charge is -2.23. The predicted molar refractivity (Wildman–Crippen MR) is 84.4 cm³/mol. The molecule has 0 aliphatic carbocycles. The molecule has 0 aliphatic heterocycles. The first kappa shape index (κ1) is 16.8. The van der Waals surface area contributed by atoms with Gasteiger partial charge in [0.05, 0.1) is 10.0 Å². The molecule has 1 aromatic carbocycles. The molecule has 4 heteroatoms. The van der Waals surface area contributed by atoms with Crippen LogP contribution in [0.2, 0.25) is 10.0 Å². The highest BCUT2D eigenvalue weighted by Crippen LogP contribution is 2.33. The molecule has 108 valence electrons. The van der Waals surface area contributed by atoms with Crippen molar-refractivity contribution in [1.82, 2.24) is 5.43 Å². The molecule has 3 N–H and O–H groups in total. The highest BCUT2D eigenvalue weighted by molar-refractivity contribution is 6.42. The number of hydrogen-bond acceptors (Lipinski definition) is 2. The summed E-state index contributed by atoms with van der Waals surface area (Å²) in [7, 11) is 0. The third-order valence-corrected chi connectivity index (χ3v) is 4.50. The van der Waals surface area contributed by atoms with Gasteiger partial charge in [-0.05, 0) is 24.0 Å². The summed E-state index contributed by atoms with van der Waals surface area (Å²) in [5.41, 5.74) is 3.88. The Morgan fingerprint density at radius 1 is 1.26 bits per heavy atom. The highest BCUT2D eigenvalue weighted by atomic mass is 35.5. The highest BCUT2D eigenvalue weighted by Gasteiger charge is 2.19. The van der Waals surface area contributed by atoms with E-state index < -0.39 is 0 Å². The molecule has 1 rings (SSSR count). The van der Waals surface area contributed by atoms with Gasteiger partial charge in [-0.15, -0.1) is 0 Å². The van der Waals surface area contributed by atoms with E-state index >= 15 is 0 Å². The lowest BCUT2D eigenvalue weighted by atomic mass is 9.89. The summed E-state index contributed by atoms with van der Waals surface area (Å²) in [4.78, 5) is 0. The van der Waals surface area contributed by atoms with Gasteiger partial charge in [-0.3, -0.25) is 11.3 Å². The molecule has 2 nitrogen and oxygen atoms in total. The molecule has 0 saturated heterocycles. The maximum atomic E-state index is 6.27. The largest absolute Gasteiger partial charge is 0.271 e. The van der Waals surface area contributed by atoms with Crippen LogP contribution in [-0.2, 0) is 0 Å². The number of unbranched alkanes of at least 4 members (excludes halogenated alkanes) is 1. The van der Waals surface area contributed by atoms with Gasteiger partial charge in [-0.25, -0.2) is 0 Å². The van der Waals surface area contributed by atoms with Crippen molar-refractivity contribution in [3.05, 3.63) is 33.8 Å². The van der Waals surface area contributed by atoms with E-state index in [4.69, 9.17) is 29.0 Å². The van der Waals surface area contributed by atoms with E-state index in [-0.39, 0.29) is 6.04 Å². The third-order valence-electron chi connectivity index (χ3n) is 3.67. The molecule has 0 bridgehead atoms. The number of benzene rings is 1. The Labute approximate surface area is 126 Å². The van der Waals surface area contributed by atoms with Crippen molar-refractivity contribution in [2.75, 3.05) is 0 Å². The van der Waals surface area contributed by atoms with Crippen molar-refractivity contribution in [3.8, 4) is 0 Å². The van der Waals surface area contributed by atoms with E-state index in [2.05, 4.69) is 19.3 Å². The lowest BCUT2D eigenvalue weighted by Crippen LogP contribution is -2.30. The molecule has 1 aromatic rings. The first-order valence-corrected chi connectivity index (χ1v) is 7.79. The number of rotatable bonds is 8. The first-order chi connectivity index (χ1) is 9.13. The van der Waals surface area contributed by atoms with Crippen LogP contribution in [0.5, 0.6) is 0 Å². The Bertz CT molecular complexity index is 382. The molecule has 0 spiro atoms. The van der Waals surface area contributed by atoms with Crippen LogP contribution in [0.25, 0.3) is 0 Å². The number of halogens is 2. The molecular formula is C15H24Cl2N2. The molecule has 2 atom stereocenters. The van der Waals surface area contributed by atoms with Crippen LogP contribution in [0.15, 0.2) is 18.2 Å². The minimum Gasteiger partial charge on any atom is -0.271 e. The molecular weight excluding hydrogens is 279 g/mol. The standard InChI is InChI=1S/C15H24Cl2N2/c1-3-5-7-11(4-2)10-14(19-18)12-8-6-9-13(16)15(12)17/h6,8-9,11,14,19H,3-5,7,10,18H2,1-2H3. The second kappa shape index (κ2) is 8.80. The summed E-state index contributed by atoms with van der Waals surface area (Å²) in [6, 6.07) is 5.77. The van der Waals surface area contributed by atoms with Crippen LogP contribution < -0.4 is 11.3 Å². The molecule has 0 radical (unpaired) electrons. The zero-order chi connectivity index (χ0) is 14.3. The van der Waals surface area contributed by atoms with Crippen LogP contribution in [0.4, 0.5) is 0 Å². The minimum atomic E-state index is 0.0630. The van der Waals surface area contributed by atoms with Crippen molar-refractivity contribution in [2.24, 2.45) is 11.8 Å². The summed E-state index contributed by atoms with van der Waals surface area (Å²) in [6.45, 7) is 4.45. The van der Waals surface area contributed by atoms with Crippen molar-refractivity contribution >= 4 is 23.2 Å². The maximum Gasteiger partial charge on any atom is 0.0640 e. The lowest BCUT2D eigenvalue weighted by molar-refractivity contribution is 0.356. The quantitative estimate of drug-likeness (QED) is 0.517. The number of hydrazine groups is 1. The Morgan fingerprint density at radius 3 is 2.58 bits per heavy atom. The van der Waals surface area contributed by atoms with E-state index in [1.165, 1.54) is 19.3 Å². The molecule has 0 aromatic heterocycles. The van der Waals surface area contributed by atoms with E-state index in [9.17, 15) is 0 Å². The molecule has 0 amide bonds. The van der Waals surface area contributed by atoms with Crippen LogP contribution in [0.3, 0.4) is 0 Å². The Kier molecular flexibility index (Phi) is 7.77. The van der Waals surface area contributed by atoms with Gasteiger partial charge in [0.1, 0.15) is 0 Å². The van der Waals surface area contributed by atoms with Crippen LogP contribution >= 0.6 is 23.2 Å². The molecule has 2 unspecified atom stereocenters. The molecule has 0 heterocycles. The number of hydrogen-bond donors (Lipinski definition) is 2. The predicted octanol–water partition coefficient (Wildman–Crippen LogP) is 5.10. The zero-order valence-electron chi connectivity index (χ0n) is 11.8. The van der Waals surface area contributed by atoms with Crippen molar-refractivity contribution in [3.63, 3.8) is 0 Å². The van der Waals surface area contributed by atoms with Gasteiger partial charge in [0, 0.05) is 6.04 Å². The first-order valence-electron chi connectivity index (χ1n) is 7.04. The fourth-order valence-electron chi connectivity index (χ4n) is 2.39. The van der Waals surface area contributed by atoms with Crippen molar-refractivity contribution in [1.29, 1.82) is 0 Å². The fourth-order valence-corrected chi connectivity index (χ4v) is 2.83. The summed E-state index contributed by atoms with van der Waals surface area (Å²) >= 11 is 12.3. The summed E-state index contributed by atoms with van der Waals surface area (Å²) in [5.74, 6) is 6.37. The summed E-state index contributed by atoms with van der Waals surface area (Å²) in [5, 5.41) is 1.19. The van der Waals surface area contributed by atoms with Gasteiger partial charge in [0.15, 0.2) is 0 Å². The van der Waals surface area contributed by atoms with Crippen LogP contribution in [0, 0.1) is 5.92 Å². The molecule has 19 heavy (non-hydrogen) atoms. The molecule has 0 aliphatic rings. The van der Waals surface area contributed by atoms with Crippen molar-refractivity contribution < 1.29 is 0 Å². The second-order valence-corrected chi connectivity index (χ2v) is 5.80. The van der Waals surface area contributed by atoms with Crippen LogP contribution in [0.1, 0.15) is 57.6 Å². The Hall–Kier alpha value is -0.280. The van der Waals surface area contributed by atoms with Gasteiger partial charge >= 0.3 is 0 Å². The Morgan fingerprint density at radius 2 is 2.00 bits per heavy atom. The van der Waals surface area contributed by atoms with Gasteiger partial charge in [0.2, 0.25) is 0 Å². The topological polar surface area (TPSA) is 38.0 Å². The van der Waals surface area contributed by atoms with Gasteiger partial charge < -0.3 is 0 Å². The second-order valence-electron chi connectivity index (χ2n) is 5.01.